The number of fused-ring (bicyclic) bond motifs is 2. The van der Waals surface area contributed by atoms with E-state index in [0.717, 1.165) is 28.1 Å². The van der Waals surface area contributed by atoms with E-state index in [1.165, 1.54) is 0 Å². The summed E-state index contributed by atoms with van der Waals surface area (Å²) in [6, 6.07) is 17.6. The van der Waals surface area contributed by atoms with Crippen molar-refractivity contribution in [2.75, 3.05) is 6.61 Å². The van der Waals surface area contributed by atoms with Crippen LogP contribution in [0.5, 0.6) is 0 Å². The minimum absolute atomic E-state index is 0.0281. The monoisotopic (exact) mass is 381 g/mol. The minimum atomic E-state index is -0.664. The van der Waals surface area contributed by atoms with E-state index in [4.69, 9.17) is 11.6 Å². The van der Waals surface area contributed by atoms with Gasteiger partial charge in [0.1, 0.15) is 6.10 Å². The van der Waals surface area contributed by atoms with E-state index in [9.17, 15) is 10.2 Å². The van der Waals surface area contributed by atoms with Crippen LogP contribution in [0.15, 0.2) is 78.4 Å². The maximum Gasteiger partial charge on any atom is 0.101 e. The lowest BCUT2D eigenvalue weighted by molar-refractivity contribution is 0.118. The van der Waals surface area contributed by atoms with Crippen molar-refractivity contribution in [2.24, 2.45) is 11.8 Å². The lowest BCUT2D eigenvalue weighted by Crippen LogP contribution is -2.49. The molecule has 3 N–H and O–H groups in total. The second kappa shape index (κ2) is 7.99. The van der Waals surface area contributed by atoms with E-state index >= 15 is 0 Å². The van der Waals surface area contributed by atoms with Crippen molar-refractivity contribution in [2.45, 2.75) is 24.6 Å². The molecule has 3 nitrogen and oxygen atoms in total. The molecule has 0 spiro atoms. The molecule has 1 aliphatic carbocycles. The number of benzene rings is 2. The van der Waals surface area contributed by atoms with E-state index in [1.54, 1.807) is 0 Å². The second-order valence-corrected chi connectivity index (χ2v) is 7.79. The Balaban J connectivity index is 1.63. The summed E-state index contributed by atoms with van der Waals surface area (Å²) in [5.74, 6) is 0.365. The van der Waals surface area contributed by atoms with Crippen LogP contribution in [0.2, 0.25) is 5.02 Å². The molecule has 0 unspecified atom stereocenters. The molecule has 2 aromatic rings. The number of hydrogen-bond acceptors (Lipinski definition) is 3. The Morgan fingerprint density at radius 3 is 2.52 bits per heavy atom. The van der Waals surface area contributed by atoms with Gasteiger partial charge in [-0.25, -0.2) is 0 Å². The zero-order valence-corrected chi connectivity index (χ0v) is 15.8. The molecule has 0 radical (unpaired) electrons. The van der Waals surface area contributed by atoms with Crippen molar-refractivity contribution in [3.05, 3.63) is 94.5 Å². The maximum atomic E-state index is 11.0. The minimum Gasteiger partial charge on any atom is -0.395 e. The quantitative estimate of drug-likeness (QED) is 0.744. The van der Waals surface area contributed by atoms with Crippen LogP contribution in [0.1, 0.15) is 29.7 Å². The zero-order chi connectivity index (χ0) is 18.8. The second-order valence-electron chi connectivity index (χ2n) is 7.36. The van der Waals surface area contributed by atoms with Gasteiger partial charge in [-0.3, -0.25) is 0 Å². The third-order valence-corrected chi connectivity index (χ3v) is 6.02. The van der Waals surface area contributed by atoms with Crippen LogP contribution in [0.3, 0.4) is 0 Å². The van der Waals surface area contributed by atoms with Gasteiger partial charge in [0.25, 0.3) is 0 Å². The van der Waals surface area contributed by atoms with Crippen LogP contribution in [-0.2, 0) is 0 Å². The first-order valence-corrected chi connectivity index (χ1v) is 9.79. The fourth-order valence-corrected chi connectivity index (χ4v) is 4.50. The molecule has 2 bridgehead atoms. The summed E-state index contributed by atoms with van der Waals surface area (Å²) in [6.45, 7) is 0.0281. The van der Waals surface area contributed by atoms with Gasteiger partial charge in [0.05, 0.1) is 6.61 Å². The molecule has 0 saturated carbocycles. The Labute approximate surface area is 165 Å². The van der Waals surface area contributed by atoms with Gasteiger partial charge in [-0.1, -0.05) is 72.3 Å². The van der Waals surface area contributed by atoms with Crippen molar-refractivity contribution in [1.82, 2.24) is 5.32 Å². The first-order chi connectivity index (χ1) is 13.2. The van der Waals surface area contributed by atoms with Gasteiger partial charge in [0, 0.05) is 23.0 Å². The Morgan fingerprint density at radius 1 is 1.07 bits per heavy atom. The molecule has 4 heteroatoms. The number of rotatable bonds is 4. The number of aliphatic hydroxyl groups excluding tert-OH is 2. The standard InChI is InChI=1S/C23H24ClNO2/c24-18-11-9-15(10-12-18)22-17-7-4-8-19(20(13-17)21(14-26)25-22)23(27)16-5-2-1-3-6-16/h1-12,17,20-23,25-27H,13-14H2/t17-,20-,21+,22-,23+/m1/s1. The molecular weight excluding hydrogens is 358 g/mol. The average molecular weight is 382 g/mol. The molecule has 1 fully saturated rings. The molecule has 1 aliphatic heterocycles. The van der Waals surface area contributed by atoms with E-state index in [0.29, 0.717) is 0 Å². The fourth-order valence-electron chi connectivity index (χ4n) is 4.37. The van der Waals surface area contributed by atoms with Crippen LogP contribution in [0.25, 0.3) is 0 Å². The molecule has 0 aromatic heterocycles. The Morgan fingerprint density at radius 2 is 1.81 bits per heavy atom. The summed E-state index contributed by atoms with van der Waals surface area (Å²) < 4.78 is 0. The SMILES string of the molecule is OC[C@@H]1N[C@H](c2ccc(Cl)cc2)[C@@H]2C=CC=C([C@@H](O)c3ccccc3)[C@H]1C2. The van der Waals surface area contributed by atoms with Gasteiger partial charge in [-0.2, -0.15) is 0 Å². The molecule has 2 aliphatic rings. The molecule has 4 rings (SSSR count). The fraction of sp³-hybridized carbons (Fsp3) is 0.304. The molecular formula is C23H24ClNO2. The van der Waals surface area contributed by atoms with Gasteiger partial charge in [0.2, 0.25) is 0 Å². The molecule has 27 heavy (non-hydrogen) atoms. The van der Waals surface area contributed by atoms with E-state index in [1.807, 2.05) is 60.7 Å². The largest absolute Gasteiger partial charge is 0.395 e. The van der Waals surface area contributed by atoms with Crippen LogP contribution in [0, 0.1) is 11.8 Å². The number of halogens is 1. The smallest absolute Gasteiger partial charge is 0.101 e. The van der Waals surface area contributed by atoms with Crippen LogP contribution >= 0.6 is 11.6 Å². The average Bonchev–Trinajstić information content (AvgIpc) is 2.89. The highest BCUT2D eigenvalue weighted by Crippen LogP contribution is 2.43. The van der Waals surface area contributed by atoms with Gasteiger partial charge in [-0.05, 0) is 41.2 Å². The lowest BCUT2D eigenvalue weighted by atomic mass is 9.74. The zero-order valence-electron chi connectivity index (χ0n) is 15.0. The predicted octanol–water partition coefficient (Wildman–Crippen LogP) is 4.20. The molecule has 140 valence electrons. The van der Waals surface area contributed by atoms with Crippen LogP contribution in [0.4, 0.5) is 0 Å². The lowest BCUT2D eigenvalue weighted by Gasteiger charge is -2.42. The van der Waals surface area contributed by atoms with Crippen molar-refractivity contribution in [3.8, 4) is 0 Å². The summed E-state index contributed by atoms with van der Waals surface area (Å²) in [5.41, 5.74) is 3.01. The number of nitrogens with one attached hydrogen (secondary N) is 1. The summed E-state index contributed by atoms with van der Waals surface area (Å²) in [5, 5.41) is 25.4. The molecule has 1 heterocycles. The van der Waals surface area contributed by atoms with Gasteiger partial charge < -0.3 is 15.5 Å². The van der Waals surface area contributed by atoms with Gasteiger partial charge in [-0.15, -0.1) is 0 Å². The number of aliphatic hydroxyl groups is 2. The normalized spacial score (nSPS) is 28.3. The van der Waals surface area contributed by atoms with Crippen LogP contribution in [-0.4, -0.2) is 22.9 Å². The summed E-state index contributed by atoms with van der Waals surface area (Å²) in [4.78, 5) is 0. The Kier molecular flexibility index (Phi) is 5.46. The Bertz CT molecular complexity index is 831. The number of hydrogen-bond donors (Lipinski definition) is 3. The van der Waals surface area contributed by atoms with Crippen molar-refractivity contribution in [1.29, 1.82) is 0 Å². The Hall–Kier alpha value is -1.91. The predicted molar refractivity (Wildman–Crippen MR) is 108 cm³/mol. The van der Waals surface area contributed by atoms with E-state index < -0.39 is 6.10 Å². The highest BCUT2D eigenvalue weighted by atomic mass is 35.5. The third kappa shape index (κ3) is 3.74. The number of allylic oxidation sites excluding steroid dienone is 2. The van der Waals surface area contributed by atoms with Crippen molar-refractivity contribution >= 4 is 11.6 Å². The molecule has 2 aromatic carbocycles. The summed E-state index contributed by atoms with van der Waals surface area (Å²) in [6.07, 6.45) is 6.51. The molecule has 5 atom stereocenters. The topological polar surface area (TPSA) is 52.5 Å². The first kappa shape index (κ1) is 18.5. The van der Waals surface area contributed by atoms with E-state index in [-0.39, 0.29) is 30.5 Å². The number of piperidine rings is 1. The van der Waals surface area contributed by atoms with Crippen molar-refractivity contribution < 1.29 is 10.2 Å². The van der Waals surface area contributed by atoms with Gasteiger partial charge >= 0.3 is 0 Å². The highest BCUT2D eigenvalue weighted by molar-refractivity contribution is 6.30. The first-order valence-electron chi connectivity index (χ1n) is 9.41. The van der Waals surface area contributed by atoms with E-state index in [2.05, 4.69) is 17.5 Å². The van der Waals surface area contributed by atoms with Gasteiger partial charge in [0.15, 0.2) is 0 Å². The summed E-state index contributed by atoms with van der Waals surface area (Å²) in [7, 11) is 0. The molecule has 1 saturated heterocycles. The van der Waals surface area contributed by atoms with Crippen LogP contribution < -0.4 is 5.32 Å². The van der Waals surface area contributed by atoms with Crippen molar-refractivity contribution in [3.63, 3.8) is 0 Å². The highest BCUT2D eigenvalue weighted by Gasteiger charge is 2.40. The third-order valence-electron chi connectivity index (χ3n) is 5.77. The maximum absolute atomic E-state index is 11.0. The summed E-state index contributed by atoms with van der Waals surface area (Å²) >= 11 is 6.04. The molecule has 0 amide bonds.